The van der Waals surface area contributed by atoms with E-state index in [2.05, 4.69) is 41.4 Å². The van der Waals surface area contributed by atoms with Gasteiger partial charge in [-0.2, -0.15) is 0 Å². The number of benzene rings is 2. The Morgan fingerprint density at radius 1 is 1.00 bits per heavy atom. The lowest BCUT2D eigenvalue weighted by Gasteiger charge is -2.01. The monoisotopic (exact) mass is 312 g/mol. The lowest BCUT2D eigenvalue weighted by atomic mass is 10.2. The van der Waals surface area contributed by atoms with E-state index in [1.165, 1.54) is 22.9 Å². The van der Waals surface area contributed by atoms with Crippen LogP contribution in [0.3, 0.4) is 0 Å². The first-order valence-corrected chi connectivity index (χ1v) is 7.97. The molecule has 0 aliphatic carbocycles. The first-order chi connectivity index (χ1) is 10.8. The molecule has 0 atom stereocenters. The van der Waals surface area contributed by atoms with Gasteiger partial charge in [-0.05, 0) is 24.6 Å². The fourth-order valence-corrected chi connectivity index (χ4v) is 2.58. The highest BCUT2D eigenvalue weighted by atomic mass is 32.2. The van der Waals surface area contributed by atoms with E-state index in [1.807, 2.05) is 30.3 Å². The number of hydrogen-bond donors (Lipinski definition) is 0. The minimum atomic E-state index is 0.280. The molecule has 5 heteroatoms. The van der Waals surface area contributed by atoms with Crippen LogP contribution in [0.25, 0.3) is 0 Å². The number of hydrogen-bond acceptors (Lipinski definition) is 5. The Bertz CT molecular complexity index is 711. The average Bonchev–Trinajstić information content (AvgIpc) is 3.01. The van der Waals surface area contributed by atoms with Crippen molar-refractivity contribution in [1.82, 2.24) is 10.2 Å². The van der Waals surface area contributed by atoms with Gasteiger partial charge >= 0.3 is 0 Å². The van der Waals surface area contributed by atoms with Gasteiger partial charge in [-0.1, -0.05) is 59.8 Å². The topological polar surface area (TPSA) is 48.2 Å². The quantitative estimate of drug-likeness (QED) is 0.637. The zero-order valence-electron chi connectivity index (χ0n) is 12.2. The molecule has 22 heavy (non-hydrogen) atoms. The Kier molecular flexibility index (Phi) is 4.75. The molecule has 0 radical (unpaired) electrons. The summed E-state index contributed by atoms with van der Waals surface area (Å²) in [4.78, 5) is 0. The fraction of sp³-hybridized carbons (Fsp3) is 0.176. The smallest absolute Gasteiger partial charge is 0.277 e. The lowest BCUT2D eigenvalue weighted by Crippen LogP contribution is -1.95. The number of thioether (sulfide) groups is 1. The molecule has 0 unspecified atom stereocenters. The maximum atomic E-state index is 5.58. The molecule has 0 amide bonds. The van der Waals surface area contributed by atoms with Gasteiger partial charge in [0.25, 0.3) is 11.1 Å². The van der Waals surface area contributed by atoms with E-state index in [-0.39, 0.29) is 6.61 Å². The summed E-state index contributed by atoms with van der Waals surface area (Å²) in [6.07, 6.45) is 0. The third kappa shape index (κ3) is 4.11. The average molecular weight is 312 g/mol. The Hall–Kier alpha value is -2.27. The van der Waals surface area contributed by atoms with Crippen LogP contribution in [0.5, 0.6) is 5.75 Å². The van der Waals surface area contributed by atoms with Crippen molar-refractivity contribution in [3.05, 3.63) is 71.6 Å². The molecule has 0 saturated heterocycles. The van der Waals surface area contributed by atoms with Crippen LogP contribution in [-0.2, 0) is 12.4 Å². The van der Waals surface area contributed by atoms with E-state index in [1.54, 1.807) is 0 Å². The molecule has 0 fully saturated rings. The number of rotatable bonds is 6. The van der Waals surface area contributed by atoms with Gasteiger partial charge in [-0.15, -0.1) is 10.2 Å². The summed E-state index contributed by atoms with van der Waals surface area (Å²) in [5.41, 5.74) is 2.49. The number of ether oxygens (including phenoxy) is 1. The Morgan fingerprint density at radius 2 is 1.77 bits per heavy atom. The van der Waals surface area contributed by atoms with Crippen LogP contribution in [0.2, 0.25) is 0 Å². The van der Waals surface area contributed by atoms with E-state index >= 15 is 0 Å². The van der Waals surface area contributed by atoms with Crippen molar-refractivity contribution in [2.24, 2.45) is 0 Å². The Morgan fingerprint density at radius 3 is 2.55 bits per heavy atom. The second-order valence-electron chi connectivity index (χ2n) is 4.84. The van der Waals surface area contributed by atoms with Crippen LogP contribution in [-0.4, -0.2) is 10.2 Å². The van der Waals surface area contributed by atoms with Crippen molar-refractivity contribution < 1.29 is 9.15 Å². The van der Waals surface area contributed by atoms with Gasteiger partial charge in [0, 0.05) is 5.75 Å². The van der Waals surface area contributed by atoms with Crippen molar-refractivity contribution in [2.75, 3.05) is 0 Å². The molecule has 0 N–H and O–H groups in total. The second-order valence-corrected chi connectivity index (χ2v) is 5.76. The summed E-state index contributed by atoms with van der Waals surface area (Å²) >= 11 is 1.53. The lowest BCUT2D eigenvalue weighted by molar-refractivity contribution is 0.252. The summed E-state index contributed by atoms with van der Waals surface area (Å²) in [5, 5.41) is 8.58. The highest BCUT2D eigenvalue weighted by molar-refractivity contribution is 7.98. The van der Waals surface area contributed by atoms with Gasteiger partial charge in [0.05, 0.1) is 0 Å². The van der Waals surface area contributed by atoms with E-state index in [4.69, 9.17) is 9.15 Å². The molecule has 0 saturated carbocycles. The normalized spacial score (nSPS) is 10.6. The molecule has 4 nitrogen and oxygen atoms in total. The van der Waals surface area contributed by atoms with Crippen LogP contribution < -0.4 is 4.74 Å². The summed E-state index contributed by atoms with van der Waals surface area (Å²) in [5.74, 6) is 2.08. The van der Waals surface area contributed by atoms with Crippen molar-refractivity contribution in [2.45, 2.75) is 24.5 Å². The molecule has 3 rings (SSSR count). The zero-order chi connectivity index (χ0) is 15.2. The molecule has 1 heterocycles. The minimum absolute atomic E-state index is 0.280. The molecular weight excluding hydrogens is 296 g/mol. The van der Waals surface area contributed by atoms with Crippen LogP contribution in [0.1, 0.15) is 17.0 Å². The summed E-state index contributed by atoms with van der Waals surface area (Å²) in [7, 11) is 0. The zero-order valence-corrected chi connectivity index (χ0v) is 13.0. The number of aryl methyl sites for hydroxylation is 1. The third-order valence-corrected chi connectivity index (χ3v) is 3.93. The highest BCUT2D eigenvalue weighted by Gasteiger charge is 2.07. The number of aromatic nitrogens is 2. The predicted molar refractivity (Wildman–Crippen MR) is 85.8 cm³/mol. The molecule has 0 aliphatic rings. The fourth-order valence-electron chi connectivity index (χ4n) is 1.85. The molecule has 0 aliphatic heterocycles. The van der Waals surface area contributed by atoms with Gasteiger partial charge in [-0.25, -0.2) is 0 Å². The summed E-state index contributed by atoms with van der Waals surface area (Å²) in [6.45, 7) is 2.36. The van der Waals surface area contributed by atoms with Crippen LogP contribution in [0.15, 0.2) is 64.2 Å². The highest BCUT2D eigenvalue weighted by Crippen LogP contribution is 2.22. The van der Waals surface area contributed by atoms with Gasteiger partial charge in [0.1, 0.15) is 5.75 Å². The standard InChI is InChI=1S/C17H16N2O2S/c1-13-7-9-14(10-8-13)12-22-17-19-18-16(21-17)11-20-15-5-3-2-4-6-15/h2-10H,11-12H2,1H3. The largest absolute Gasteiger partial charge is 0.484 e. The van der Waals surface area contributed by atoms with Gasteiger partial charge in [0.15, 0.2) is 6.61 Å². The summed E-state index contributed by atoms with van der Waals surface area (Å²) in [6, 6.07) is 18.0. The van der Waals surface area contributed by atoms with E-state index < -0.39 is 0 Å². The Balaban J connectivity index is 1.51. The molecule has 0 spiro atoms. The maximum absolute atomic E-state index is 5.58. The molecule has 2 aromatic carbocycles. The van der Waals surface area contributed by atoms with Crippen molar-refractivity contribution in [1.29, 1.82) is 0 Å². The van der Waals surface area contributed by atoms with E-state index in [0.717, 1.165) is 11.5 Å². The summed E-state index contributed by atoms with van der Waals surface area (Å²) < 4.78 is 11.1. The van der Waals surface area contributed by atoms with Gasteiger partial charge in [-0.3, -0.25) is 0 Å². The van der Waals surface area contributed by atoms with Crippen molar-refractivity contribution in [3.8, 4) is 5.75 Å². The first kappa shape index (κ1) is 14.7. The molecule has 0 bridgehead atoms. The van der Waals surface area contributed by atoms with Crippen LogP contribution in [0.4, 0.5) is 0 Å². The molecule has 1 aromatic heterocycles. The van der Waals surface area contributed by atoms with Crippen LogP contribution >= 0.6 is 11.8 Å². The van der Waals surface area contributed by atoms with Gasteiger partial charge in [0.2, 0.25) is 0 Å². The SMILES string of the molecule is Cc1ccc(CSc2nnc(COc3ccccc3)o2)cc1. The molecular formula is C17H16N2O2S. The molecule has 112 valence electrons. The Labute approximate surface area is 133 Å². The number of para-hydroxylation sites is 1. The maximum Gasteiger partial charge on any atom is 0.277 e. The van der Waals surface area contributed by atoms with Gasteiger partial charge < -0.3 is 9.15 Å². The van der Waals surface area contributed by atoms with E-state index in [0.29, 0.717) is 11.1 Å². The first-order valence-electron chi connectivity index (χ1n) is 6.98. The minimum Gasteiger partial charge on any atom is -0.484 e. The number of nitrogens with zero attached hydrogens (tertiary/aromatic N) is 2. The van der Waals surface area contributed by atoms with Crippen molar-refractivity contribution in [3.63, 3.8) is 0 Å². The van der Waals surface area contributed by atoms with Crippen LogP contribution in [0, 0.1) is 6.92 Å². The third-order valence-electron chi connectivity index (χ3n) is 3.04. The second kappa shape index (κ2) is 7.13. The predicted octanol–water partition coefficient (Wildman–Crippen LogP) is 4.25. The van der Waals surface area contributed by atoms with E-state index in [9.17, 15) is 0 Å². The molecule has 3 aromatic rings. The van der Waals surface area contributed by atoms with Crippen molar-refractivity contribution >= 4 is 11.8 Å².